The van der Waals surface area contributed by atoms with Crippen LogP contribution in [0.2, 0.25) is 0 Å². The van der Waals surface area contributed by atoms with Crippen LogP contribution in [0.3, 0.4) is 0 Å². The van der Waals surface area contributed by atoms with E-state index in [4.69, 9.17) is 9.47 Å². The summed E-state index contributed by atoms with van der Waals surface area (Å²) < 4.78 is 24.0. The lowest BCUT2D eigenvalue weighted by Crippen LogP contribution is -2.57. The minimum Gasteiger partial charge on any atom is -0.493 e. The molecule has 3 aromatic carbocycles. The van der Waals surface area contributed by atoms with E-state index in [1.165, 1.54) is 24.3 Å². The number of anilines is 1. The minimum absolute atomic E-state index is 0.0614. The number of nitrogens with one attached hydrogen (secondary N) is 1. The average Bonchev–Trinajstić information content (AvgIpc) is 3.27. The maximum Gasteiger partial charge on any atom is 0.253 e. The van der Waals surface area contributed by atoms with Crippen molar-refractivity contribution in [2.45, 2.75) is 24.8 Å². The van der Waals surface area contributed by atoms with Gasteiger partial charge in [0.05, 0.1) is 20.9 Å². The van der Waals surface area contributed by atoms with Gasteiger partial charge in [-0.05, 0) is 73.4 Å². The molecule has 1 N–H and O–H groups in total. The van der Waals surface area contributed by atoms with Gasteiger partial charge in [-0.25, -0.2) is 4.39 Å². The molecule has 0 bridgehead atoms. The number of methoxy groups -OCH3 is 2. The molecule has 0 aliphatic carbocycles. The van der Waals surface area contributed by atoms with Gasteiger partial charge in [0.15, 0.2) is 11.5 Å². The maximum absolute atomic E-state index is 13.9. The number of halogens is 1. The molecule has 0 atom stereocenters. The van der Waals surface area contributed by atoms with Crippen LogP contribution in [0.5, 0.6) is 11.5 Å². The lowest BCUT2D eigenvalue weighted by atomic mass is 9.85. The van der Waals surface area contributed by atoms with E-state index in [1.807, 2.05) is 48.5 Å². The Morgan fingerprint density at radius 3 is 2.29 bits per heavy atom. The van der Waals surface area contributed by atoms with Crippen molar-refractivity contribution in [1.82, 2.24) is 15.1 Å². The topological polar surface area (TPSA) is 91.4 Å². The number of hydrogen-bond acceptors (Lipinski definition) is 6. The van der Waals surface area contributed by atoms with Gasteiger partial charge >= 0.3 is 0 Å². The largest absolute Gasteiger partial charge is 0.493 e. The first-order valence-corrected chi connectivity index (χ1v) is 14.0. The monoisotopic (exact) mass is 574 g/mol. The van der Waals surface area contributed by atoms with Crippen LogP contribution in [0.1, 0.15) is 28.8 Å². The van der Waals surface area contributed by atoms with E-state index in [2.05, 4.69) is 10.2 Å². The van der Waals surface area contributed by atoms with Gasteiger partial charge in [-0.2, -0.15) is 0 Å². The summed E-state index contributed by atoms with van der Waals surface area (Å²) in [4.78, 5) is 45.3. The zero-order chi connectivity index (χ0) is 29.7. The van der Waals surface area contributed by atoms with Gasteiger partial charge in [-0.15, -0.1) is 0 Å². The molecular weight excluding hydrogens is 539 g/mol. The zero-order valence-corrected chi connectivity index (χ0v) is 23.8. The van der Waals surface area contributed by atoms with E-state index in [9.17, 15) is 18.8 Å². The summed E-state index contributed by atoms with van der Waals surface area (Å²) in [5.41, 5.74) is 1.43. The summed E-state index contributed by atoms with van der Waals surface area (Å²) in [5, 5.41) is 2.93. The molecular formula is C32H35FN4O5. The average molecular weight is 575 g/mol. The van der Waals surface area contributed by atoms with Gasteiger partial charge in [-0.1, -0.05) is 24.3 Å². The molecule has 5 rings (SSSR count). The number of carbonyl (C=O) groups excluding carboxylic acids is 3. The second-order valence-corrected chi connectivity index (χ2v) is 10.5. The van der Waals surface area contributed by atoms with Crippen molar-refractivity contribution in [2.24, 2.45) is 0 Å². The molecule has 1 spiro atoms. The number of hydrogen-bond donors (Lipinski definition) is 1. The quantitative estimate of drug-likeness (QED) is 0.421. The summed E-state index contributed by atoms with van der Waals surface area (Å²) in [7, 11) is 3.16. The molecule has 3 amide bonds. The van der Waals surface area contributed by atoms with E-state index in [0.717, 1.165) is 11.3 Å². The number of para-hydroxylation sites is 1. The Labute approximate surface area is 244 Å². The van der Waals surface area contributed by atoms with E-state index in [1.54, 1.807) is 24.0 Å². The van der Waals surface area contributed by atoms with Gasteiger partial charge in [-0.3, -0.25) is 14.4 Å². The van der Waals surface area contributed by atoms with Crippen molar-refractivity contribution in [3.63, 3.8) is 0 Å². The first-order valence-electron chi connectivity index (χ1n) is 14.0. The third kappa shape index (κ3) is 5.88. The molecule has 3 aromatic rings. The highest BCUT2D eigenvalue weighted by atomic mass is 19.1. The predicted molar refractivity (Wildman–Crippen MR) is 156 cm³/mol. The van der Waals surface area contributed by atoms with Crippen molar-refractivity contribution in [2.75, 3.05) is 52.0 Å². The molecule has 0 aromatic heterocycles. The second-order valence-electron chi connectivity index (χ2n) is 10.5. The molecule has 42 heavy (non-hydrogen) atoms. The standard InChI is InChI=1S/C32H35FN4O5/c1-41-27-13-8-23(20-28(27)42-2)14-17-34-29(38)21-36-22-37(26-6-4-3-5-7-26)32(31(36)40)15-18-35(19-16-32)30(39)24-9-11-25(33)12-10-24/h3-13,20H,14-19,21-22H2,1-2H3,(H,34,38). The van der Waals surface area contributed by atoms with Gasteiger partial charge in [0.1, 0.15) is 17.9 Å². The number of amides is 3. The number of nitrogens with zero attached hydrogens (tertiary/aromatic N) is 3. The molecule has 2 saturated heterocycles. The summed E-state index contributed by atoms with van der Waals surface area (Å²) >= 11 is 0. The Balaban J connectivity index is 1.24. The summed E-state index contributed by atoms with van der Waals surface area (Å²) in [5.74, 6) is 0.325. The molecule has 0 radical (unpaired) electrons. The lowest BCUT2D eigenvalue weighted by molar-refractivity contribution is -0.137. The number of likely N-dealkylation sites (tertiary alicyclic amines) is 1. The van der Waals surface area contributed by atoms with Crippen molar-refractivity contribution in [3.05, 3.63) is 89.7 Å². The van der Waals surface area contributed by atoms with Crippen LogP contribution in [0.15, 0.2) is 72.8 Å². The highest BCUT2D eigenvalue weighted by molar-refractivity contribution is 5.97. The Kier molecular flexibility index (Phi) is 8.61. The maximum atomic E-state index is 13.9. The molecule has 0 unspecified atom stereocenters. The van der Waals surface area contributed by atoms with Crippen LogP contribution >= 0.6 is 0 Å². The lowest BCUT2D eigenvalue weighted by Gasteiger charge is -2.43. The zero-order valence-electron chi connectivity index (χ0n) is 23.8. The normalized spacial score (nSPS) is 16.1. The number of rotatable bonds is 9. The summed E-state index contributed by atoms with van der Waals surface area (Å²) in [6.07, 6.45) is 1.44. The number of ether oxygens (including phenoxy) is 2. The SMILES string of the molecule is COc1ccc(CCNC(=O)CN2CN(c3ccccc3)C3(CCN(C(=O)c4ccc(F)cc4)CC3)C2=O)cc1OC. The number of piperidine rings is 1. The minimum atomic E-state index is -0.860. The van der Waals surface area contributed by atoms with E-state index >= 15 is 0 Å². The van der Waals surface area contributed by atoms with E-state index in [-0.39, 0.29) is 30.9 Å². The van der Waals surface area contributed by atoms with Crippen molar-refractivity contribution in [3.8, 4) is 11.5 Å². The number of carbonyl (C=O) groups is 3. The fraction of sp³-hybridized carbons (Fsp3) is 0.344. The van der Waals surface area contributed by atoms with Crippen LogP contribution in [0.25, 0.3) is 0 Å². The van der Waals surface area contributed by atoms with Gasteiger partial charge in [0.2, 0.25) is 5.91 Å². The molecule has 0 saturated carbocycles. The van der Waals surface area contributed by atoms with Gasteiger partial charge in [0, 0.05) is 30.9 Å². The third-order valence-electron chi connectivity index (χ3n) is 8.07. The van der Waals surface area contributed by atoms with E-state index in [0.29, 0.717) is 56.0 Å². The third-order valence-corrected chi connectivity index (χ3v) is 8.07. The van der Waals surface area contributed by atoms with Crippen molar-refractivity contribution < 1.29 is 28.2 Å². The van der Waals surface area contributed by atoms with Crippen molar-refractivity contribution in [1.29, 1.82) is 0 Å². The van der Waals surface area contributed by atoms with Gasteiger partial charge < -0.3 is 29.5 Å². The van der Waals surface area contributed by atoms with Crippen LogP contribution in [-0.2, 0) is 16.0 Å². The van der Waals surface area contributed by atoms with Crippen LogP contribution in [0, 0.1) is 5.82 Å². The fourth-order valence-corrected chi connectivity index (χ4v) is 5.79. The van der Waals surface area contributed by atoms with Crippen LogP contribution in [-0.4, -0.2) is 80.1 Å². The smallest absolute Gasteiger partial charge is 0.253 e. The predicted octanol–water partition coefficient (Wildman–Crippen LogP) is 3.48. The Bertz CT molecular complexity index is 1420. The molecule has 2 aliphatic heterocycles. The molecule has 2 aliphatic rings. The Hall–Kier alpha value is -4.60. The van der Waals surface area contributed by atoms with E-state index < -0.39 is 11.4 Å². The molecule has 2 heterocycles. The van der Waals surface area contributed by atoms with Crippen LogP contribution in [0.4, 0.5) is 10.1 Å². The first-order chi connectivity index (χ1) is 20.3. The first kappa shape index (κ1) is 28.9. The van der Waals surface area contributed by atoms with Crippen molar-refractivity contribution >= 4 is 23.4 Å². The second kappa shape index (κ2) is 12.5. The van der Waals surface area contributed by atoms with Gasteiger partial charge in [0.25, 0.3) is 11.8 Å². The Morgan fingerprint density at radius 2 is 1.62 bits per heavy atom. The highest BCUT2D eigenvalue weighted by Gasteiger charge is 2.54. The highest BCUT2D eigenvalue weighted by Crippen LogP contribution is 2.39. The molecule has 2 fully saturated rings. The molecule has 220 valence electrons. The van der Waals surface area contributed by atoms with Crippen LogP contribution < -0.4 is 19.7 Å². The molecule has 10 heteroatoms. The Morgan fingerprint density at radius 1 is 0.929 bits per heavy atom. The fourth-order valence-electron chi connectivity index (χ4n) is 5.79. The summed E-state index contributed by atoms with van der Waals surface area (Å²) in [6.45, 7) is 1.36. The number of benzene rings is 3. The summed E-state index contributed by atoms with van der Waals surface area (Å²) in [6, 6.07) is 20.8. The molecule has 9 nitrogen and oxygen atoms in total.